The topological polar surface area (TPSA) is 37.4 Å². The molecule has 0 aromatic heterocycles. The molecule has 0 saturated carbocycles. The van der Waals surface area contributed by atoms with Crippen LogP contribution in [0.25, 0.3) is 0 Å². The molecule has 0 aliphatic heterocycles. The van der Waals surface area contributed by atoms with E-state index in [2.05, 4.69) is 26.8 Å². The molecule has 0 fully saturated rings. The van der Waals surface area contributed by atoms with Crippen LogP contribution in [0.5, 0.6) is 0 Å². The Morgan fingerprint density at radius 1 is 1.30 bits per heavy atom. The summed E-state index contributed by atoms with van der Waals surface area (Å²) in [7, 11) is 3.51. The largest absolute Gasteiger partial charge is 0.349 e. The molecule has 1 amide bonds. The van der Waals surface area contributed by atoms with Gasteiger partial charge in [-0.15, -0.1) is 0 Å². The molecule has 0 saturated heterocycles. The Hall–Kier alpha value is -1.64. The van der Waals surface area contributed by atoms with Crippen LogP contribution in [0.4, 0.5) is 0 Å². The third kappa shape index (κ3) is 2.77. The molecule has 0 bridgehead atoms. The second-order valence-corrected chi connectivity index (χ2v) is 6.87. The van der Waals surface area contributed by atoms with Crippen LogP contribution < -0.4 is 0 Å². The standard InChI is InChI=1S/C17H23NO2/c1-17(2,3)12-6-7-13-11(9-16(20)18(4)5)8-15(19)14(13)10-12/h6-7,10-11H,8-9H2,1-5H3. The molecule has 2 rings (SSSR count). The third-order valence-electron chi connectivity index (χ3n) is 4.01. The zero-order chi connectivity index (χ0) is 15.1. The summed E-state index contributed by atoms with van der Waals surface area (Å²) in [5.41, 5.74) is 3.06. The minimum absolute atomic E-state index is 0.0346. The minimum Gasteiger partial charge on any atom is -0.349 e. The number of hydrogen-bond donors (Lipinski definition) is 0. The number of hydrogen-bond acceptors (Lipinski definition) is 2. The first-order chi connectivity index (χ1) is 9.20. The highest BCUT2D eigenvalue weighted by molar-refractivity contribution is 6.02. The van der Waals surface area contributed by atoms with Gasteiger partial charge in [0.2, 0.25) is 5.91 Å². The van der Waals surface area contributed by atoms with Crippen molar-refractivity contribution in [2.24, 2.45) is 0 Å². The number of Topliss-reactive ketones (excluding diaryl/α,β-unsaturated/α-hetero) is 1. The molecule has 0 heterocycles. The van der Waals surface area contributed by atoms with Gasteiger partial charge in [0, 0.05) is 38.4 Å². The monoisotopic (exact) mass is 273 g/mol. The van der Waals surface area contributed by atoms with Gasteiger partial charge in [-0.1, -0.05) is 32.9 Å². The van der Waals surface area contributed by atoms with Crippen molar-refractivity contribution in [1.29, 1.82) is 0 Å². The van der Waals surface area contributed by atoms with Gasteiger partial charge in [-0.25, -0.2) is 0 Å². The maximum absolute atomic E-state index is 12.2. The van der Waals surface area contributed by atoms with Crippen LogP contribution >= 0.6 is 0 Å². The van der Waals surface area contributed by atoms with Gasteiger partial charge in [-0.2, -0.15) is 0 Å². The Morgan fingerprint density at radius 3 is 2.50 bits per heavy atom. The summed E-state index contributed by atoms with van der Waals surface area (Å²) in [4.78, 5) is 25.6. The van der Waals surface area contributed by atoms with Gasteiger partial charge in [-0.3, -0.25) is 9.59 Å². The Balaban J connectivity index is 2.31. The smallest absolute Gasteiger partial charge is 0.222 e. The highest BCUT2D eigenvalue weighted by Crippen LogP contribution is 2.38. The molecule has 1 aliphatic rings. The summed E-state index contributed by atoms with van der Waals surface area (Å²) in [5, 5.41) is 0. The Morgan fingerprint density at radius 2 is 1.95 bits per heavy atom. The molecule has 20 heavy (non-hydrogen) atoms. The lowest BCUT2D eigenvalue weighted by Gasteiger charge is -2.20. The highest BCUT2D eigenvalue weighted by atomic mass is 16.2. The average Bonchev–Trinajstić information content (AvgIpc) is 2.65. The first-order valence-electron chi connectivity index (χ1n) is 7.08. The van der Waals surface area contributed by atoms with E-state index in [1.165, 1.54) is 5.56 Å². The van der Waals surface area contributed by atoms with Crippen LogP contribution in [-0.4, -0.2) is 30.7 Å². The lowest BCUT2D eigenvalue weighted by Crippen LogP contribution is -2.23. The second-order valence-electron chi connectivity index (χ2n) is 6.87. The van der Waals surface area contributed by atoms with Crippen molar-refractivity contribution in [3.8, 4) is 0 Å². The van der Waals surface area contributed by atoms with Gasteiger partial charge in [0.1, 0.15) is 0 Å². The third-order valence-corrected chi connectivity index (χ3v) is 4.01. The van der Waals surface area contributed by atoms with Crippen LogP contribution in [0.15, 0.2) is 18.2 Å². The normalized spacial score (nSPS) is 18.1. The van der Waals surface area contributed by atoms with Crippen molar-refractivity contribution in [1.82, 2.24) is 4.90 Å². The van der Waals surface area contributed by atoms with Crippen molar-refractivity contribution in [2.45, 2.75) is 44.9 Å². The van der Waals surface area contributed by atoms with E-state index in [4.69, 9.17) is 0 Å². The first-order valence-corrected chi connectivity index (χ1v) is 7.08. The Kier molecular flexibility index (Phi) is 3.72. The van der Waals surface area contributed by atoms with Gasteiger partial charge >= 0.3 is 0 Å². The molecule has 1 aromatic carbocycles. The lowest BCUT2D eigenvalue weighted by molar-refractivity contribution is -0.129. The number of carbonyl (C=O) groups excluding carboxylic acids is 2. The molecular weight excluding hydrogens is 250 g/mol. The van der Waals surface area contributed by atoms with E-state index in [9.17, 15) is 9.59 Å². The zero-order valence-corrected chi connectivity index (χ0v) is 13.0. The van der Waals surface area contributed by atoms with E-state index < -0.39 is 0 Å². The molecule has 0 spiro atoms. The molecule has 0 radical (unpaired) electrons. The summed E-state index contributed by atoms with van der Waals surface area (Å²) in [5.74, 6) is 0.291. The number of ketones is 1. The van der Waals surface area contributed by atoms with Crippen molar-refractivity contribution < 1.29 is 9.59 Å². The van der Waals surface area contributed by atoms with E-state index >= 15 is 0 Å². The predicted octanol–water partition coefficient (Wildman–Crippen LogP) is 3.13. The van der Waals surface area contributed by atoms with Crippen molar-refractivity contribution in [3.63, 3.8) is 0 Å². The zero-order valence-electron chi connectivity index (χ0n) is 13.0. The fourth-order valence-corrected chi connectivity index (χ4v) is 2.64. The number of carbonyl (C=O) groups is 2. The van der Waals surface area contributed by atoms with Gasteiger partial charge in [0.25, 0.3) is 0 Å². The number of benzene rings is 1. The van der Waals surface area contributed by atoms with Crippen molar-refractivity contribution in [3.05, 3.63) is 34.9 Å². The summed E-state index contributed by atoms with van der Waals surface area (Å²) in [6, 6.07) is 6.14. The van der Waals surface area contributed by atoms with E-state index in [0.717, 1.165) is 11.1 Å². The molecule has 108 valence electrons. The van der Waals surface area contributed by atoms with Crippen LogP contribution in [0.3, 0.4) is 0 Å². The molecule has 3 heteroatoms. The van der Waals surface area contributed by atoms with Crippen LogP contribution in [0.2, 0.25) is 0 Å². The van der Waals surface area contributed by atoms with E-state index in [0.29, 0.717) is 12.8 Å². The van der Waals surface area contributed by atoms with Crippen LogP contribution in [-0.2, 0) is 10.2 Å². The van der Waals surface area contributed by atoms with E-state index in [-0.39, 0.29) is 23.0 Å². The highest BCUT2D eigenvalue weighted by Gasteiger charge is 2.32. The van der Waals surface area contributed by atoms with E-state index in [1.54, 1.807) is 19.0 Å². The van der Waals surface area contributed by atoms with Crippen LogP contribution in [0, 0.1) is 0 Å². The molecule has 1 atom stereocenters. The molecule has 0 N–H and O–H groups in total. The molecule has 1 aromatic rings. The van der Waals surface area contributed by atoms with Gasteiger partial charge in [0.05, 0.1) is 0 Å². The van der Waals surface area contributed by atoms with Crippen molar-refractivity contribution >= 4 is 11.7 Å². The molecular formula is C17H23NO2. The average molecular weight is 273 g/mol. The van der Waals surface area contributed by atoms with Crippen LogP contribution in [0.1, 0.15) is 61.0 Å². The Labute approximate surface area is 121 Å². The quantitative estimate of drug-likeness (QED) is 0.830. The predicted molar refractivity (Wildman–Crippen MR) is 80.1 cm³/mol. The van der Waals surface area contributed by atoms with Crippen molar-refractivity contribution in [2.75, 3.05) is 14.1 Å². The fourth-order valence-electron chi connectivity index (χ4n) is 2.64. The summed E-state index contributed by atoms with van der Waals surface area (Å²) in [6.45, 7) is 6.42. The molecule has 1 unspecified atom stereocenters. The first kappa shape index (κ1) is 14.8. The summed E-state index contributed by atoms with van der Waals surface area (Å²) >= 11 is 0. The van der Waals surface area contributed by atoms with Gasteiger partial charge < -0.3 is 4.90 Å². The van der Waals surface area contributed by atoms with E-state index in [1.807, 2.05) is 12.1 Å². The van der Waals surface area contributed by atoms with Gasteiger partial charge in [0.15, 0.2) is 5.78 Å². The summed E-state index contributed by atoms with van der Waals surface area (Å²) in [6.07, 6.45) is 0.878. The number of rotatable bonds is 2. The van der Waals surface area contributed by atoms with Gasteiger partial charge in [-0.05, 0) is 22.6 Å². The minimum atomic E-state index is 0.0346. The maximum atomic E-state index is 12.2. The lowest BCUT2D eigenvalue weighted by atomic mass is 9.85. The molecule has 1 aliphatic carbocycles. The SMILES string of the molecule is CN(C)C(=O)CC1CC(=O)c2cc(C(C)(C)C)ccc21. The molecule has 3 nitrogen and oxygen atoms in total. The maximum Gasteiger partial charge on any atom is 0.222 e. The Bertz CT molecular complexity index is 553. The summed E-state index contributed by atoms with van der Waals surface area (Å²) < 4.78 is 0. The fraction of sp³-hybridized carbons (Fsp3) is 0.529. The second kappa shape index (κ2) is 5.04. The number of fused-ring (bicyclic) bond motifs is 1. The number of amides is 1. The number of nitrogens with zero attached hydrogens (tertiary/aromatic N) is 1.